The van der Waals surface area contributed by atoms with Crippen molar-refractivity contribution in [1.29, 1.82) is 5.26 Å². The summed E-state index contributed by atoms with van der Waals surface area (Å²) in [6, 6.07) is 4.47. The number of rotatable bonds is 2. The van der Waals surface area contributed by atoms with Crippen LogP contribution < -0.4 is 5.32 Å². The lowest BCUT2D eigenvalue weighted by atomic mass is 9.91. The number of anilines is 1. The van der Waals surface area contributed by atoms with E-state index < -0.39 is 0 Å². The molecule has 0 fully saturated rings. The maximum Gasteiger partial charge on any atom is 0.144 e. The van der Waals surface area contributed by atoms with Crippen LogP contribution in [-0.4, -0.2) is 27.8 Å². The van der Waals surface area contributed by atoms with Gasteiger partial charge in [0, 0.05) is 23.7 Å². The molecule has 2 N–H and O–H groups in total. The highest BCUT2D eigenvalue weighted by atomic mass is 16.5. The molecule has 1 aliphatic carbocycles. The molecule has 0 saturated carbocycles. The van der Waals surface area contributed by atoms with Crippen molar-refractivity contribution in [2.24, 2.45) is 0 Å². The summed E-state index contributed by atoms with van der Waals surface area (Å²) in [5, 5.41) is 20.3. The van der Waals surface area contributed by atoms with Gasteiger partial charge in [-0.15, -0.1) is 0 Å². The van der Waals surface area contributed by atoms with Gasteiger partial charge in [-0.25, -0.2) is 4.98 Å². The smallest absolute Gasteiger partial charge is 0.144 e. The lowest BCUT2D eigenvalue weighted by Crippen LogP contribution is -2.28. The SMILES string of the molecule is Cc1[nH]nc2c1CC(Nc1nc3c(cc1C#N)COCC3)CC2. The van der Waals surface area contributed by atoms with E-state index in [1.165, 1.54) is 11.3 Å². The third kappa shape index (κ3) is 2.57. The first-order valence-corrected chi connectivity index (χ1v) is 8.04. The van der Waals surface area contributed by atoms with Gasteiger partial charge in [0.05, 0.1) is 30.2 Å². The number of nitrogens with one attached hydrogen (secondary N) is 2. The van der Waals surface area contributed by atoms with Gasteiger partial charge in [0.2, 0.25) is 0 Å². The Labute approximate surface area is 134 Å². The van der Waals surface area contributed by atoms with Crippen molar-refractivity contribution in [3.63, 3.8) is 0 Å². The highest BCUT2D eigenvalue weighted by Crippen LogP contribution is 2.27. The summed E-state index contributed by atoms with van der Waals surface area (Å²) in [6.45, 7) is 3.32. The summed E-state index contributed by atoms with van der Waals surface area (Å²) in [6.07, 6.45) is 3.69. The van der Waals surface area contributed by atoms with Gasteiger partial charge in [-0.1, -0.05) is 0 Å². The van der Waals surface area contributed by atoms with Crippen LogP contribution in [0.25, 0.3) is 0 Å². The van der Waals surface area contributed by atoms with Crippen LogP contribution in [0.1, 0.15) is 40.2 Å². The van der Waals surface area contributed by atoms with Crippen molar-refractivity contribution >= 4 is 5.82 Å². The molecule has 1 aliphatic heterocycles. The average molecular weight is 309 g/mol. The molecule has 0 saturated heterocycles. The van der Waals surface area contributed by atoms with Crippen molar-refractivity contribution in [3.05, 3.63) is 39.8 Å². The highest BCUT2D eigenvalue weighted by molar-refractivity contribution is 5.55. The van der Waals surface area contributed by atoms with Crippen molar-refractivity contribution in [2.75, 3.05) is 11.9 Å². The van der Waals surface area contributed by atoms with Crippen molar-refractivity contribution in [1.82, 2.24) is 15.2 Å². The van der Waals surface area contributed by atoms with Gasteiger partial charge in [0.1, 0.15) is 11.9 Å². The van der Waals surface area contributed by atoms with E-state index in [4.69, 9.17) is 9.72 Å². The molecule has 2 aromatic heterocycles. The zero-order valence-corrected chi connectivity index (χ0v) is 13.1. The number of aromatic amines is 1. The summed E-state index contributed by atoms with van der Waals surface area (Å²) in [7, 11) is 0. The fourth-order valence-electron chi connectivity index (χ4n) is 3.44. The number of nitrogens with zero attached hydrogens (tertiary/aromatic N) is 3. The van der Waals surface area contributed by atoms with Crippen LogP contribution in [0.3, 0.4) is 0 Å². The van der Waals surface area contributed by atoms with Gasteiger partial charge in [-0.2, -0.15) is 10.4 Å². The molecule has 1 atom stereocenters. The maximum absolute atomic E-state index is 9.43. The monoisotopic (exact) mass is 309 g/mol. The standard InChI is InChI=1S/C17H19N5O/c1-10-14-7-13(2-3-16(14)22-21-10)19-17-11(8-18)6-12-9-23-5-4-15(12)20-17/h6,13H,2-5,7,9H2,1H3,(H,19,20)(H,21,22). The summed E-state index contributed by atoms with van der Waals surface area (Å²) in [4.78, 5) is 4.71. The zero-order chi connectivity index (χ0) is 15.8. The van der Waals surface area contributed by atoms with E-state index in [0.29, 0.717) is 24.6 Å². The van der Waals surface area contributed by atoms with Crippen LogP contribution in [0.2, 0.25) is 0 Å². The molecule has 0 bridgehead atoms. The van der Waals surface area contributed by atoms with Crippen molar-refractivity contribution < 1.29 is 4.74 Å². The minimum Gasteiger partial charge on any atom is -0.376 e. The molecule has 4 rings (SSSR count). The van der Waals surface area contributed by atoms with Gasteiger partial charge >= 0.3 is 0 Å². The van der Waals surface area contributed by atoms with E-state index >= 15 is 0 Å². The normalized spacial score (nSPS) is 19.6. The molecule has 0 radical (unpaired) electrons. The number of nitriles is 1. The van der Waals surface area contributed by atoms with E-state index in [0.717, 1.165) is 42.6 Å². The number of aromatic nitrogens is 3. The third-order valence-corrected chi connectivity index (χ3v) is 4.73. The van der Waals surface area contributed by atoms with Crippen LogP contribution in [0.15, 0.2) is 6.07 Å². The first-order valence-electron chi connectivity index (χ1n) is 8.04. The fraction of sp³-hybridized carbons (Fsp3) is 0.471. The molecule has 6 nitrogen and oxygen atoms in total. The van der Waals surface area contributed by atoms with Crippen LogP contribution in [-0.2, 0) is 30.6 Å². The number of hydrogen-bond donors (Lipinski definition) is 2. The molecule has 6 heteroatoms. The number of H-pyrrole nitrogens is 1. The van der Waals surface area contributed by atoms with E-state index in [1.807, 2.05) is 6.07 Å². The maximum atomic E-state index is 9.43. The summed E-state index contributed by atoms with van der Waals surface area (Å²) in [5.74, 6) is 0.711. The van der Waals surface area contributed by atoms with Gasteiger partial charge < -0.3 is 10.1 Å². The van der Waals surface area contributed by atoms with E-state index in [2.05, 4.69) is 28.5 Å². The molecular weight excluding hydrogens is 290 g/mol. The quantitative estimate of drug-likeness (QED) is 0.886. The minimum absolute atomic E-state index is 0.288. The highest BCUT2D eigenvalue weighted by Gasteiger charge is 2.24. The Bertz CT molecular complexity index is 789. The Balaban J connectivity index is 1.60. The molecule has 0 amide bonds. The number of hydrogen-bond acceptors (Lipinski definition) is 5. The molecule has 1 unspecified atom stereocenters. The molecule has 23 heavy (non-hydrogen) atoms. The summed E-state index contributed by atoms with van der Waals surface area (Å²) < 4.78 is 5.45. The zero-order valence-electron chi connectivity index (χ0n) is 13.1. The fourth-order valence-corrected chi connectivity index (χ4v) is 3.44. The number of pyridine rings is 1. The first kappa shape index (κ1) is 14.2. The minimum atomic E-state index is 0.288. The van der Waals surface area contributed by atoms with E-state index in [-0.39, 0.29) is 6.04 Å². The number of ether oxygens (including phenoxy) is 1. The molecule has 2 aliphatic rings. The molecular formula is C17H19N5O. The van der Waals surface area contributed by atoms with Crippen LogP contribution in [0, 0.1) is 18.3 Å². The lowest BCUT2D eigenvalue weighted by Gasteiger charge is -2.25. The summed E-state index contributed by atoms with van der Waals surface area (Å²) in [5.41, 5.74) is 6.31. The Morgan fingerprint density at radius 1 is 1.39 bits per heavy atom. The van der Waals surface area contributed by atoms with Crippen LogP contribution in [0.4, 0.5) is 5.82 Å². The third-order valence-electron chi connectivity index (χ3n) is 4.73. The topological polar surface area (TPSA) is 86.6 Å². The number of aryl methyl sites for hydroxylation is 2. The van der Waals surface area contributed by atoms with Crippen LogP contribution >= 0.6 is 0 Å². The Morgan fingerprint density at radius 3 is 3.17 bits per heavy atom. The molecule has 0 aromatic carbocycles. The van der Waals surface area contributed by atoms with E-state index in [9.17, 15) is 5.26 Å². The van der Waals surface area contributed by atoms with Gasteiger partial charge in [-0.3, -0.25) is 5.10 Å². The first-order chi connectivity index (χ1) is 11.2. The molecule has 118 valence electrons. The summed E-state index contributed by atoms with van der Waals surface area (Å²) >= 11 is 0. The second kappa shape index (κ2) is 5.67. The Hall–Kier alpha value is -2.39. The van der Waals surface area contributed by atoms with Crippen molar-refractivity contribution in [2.45, 2.75) is 45.3 Å². The molecule has 2 aromatic rings. The number of fused-ring (bicyclic) bond motifs is 2. The molecule has 0 spiro atoms. The van der Waals surface area contributed by atoms with Gasteiger partial charge in [-0.05, 0) is 37.8 Å². The Morgan fingerprint density at radius 2 is 2.30 bits per heavy atom. The second-order valence-electron chi connectivity index (χ2n) is 6.26. The van der Waals surface area contributed by atoms with Gasteiger partial charge in [0.15, 0.2) is 0 Å². The van der Waals surface area contributed by atoms with E-state index in [1.54, 1.807) is 0 Å². The van der Waals surface area contributed by atoms with Gasteiger partial charge in [0.25, 0.3) is 0 Å². The molecule has 3 heterocycles. The van der Waals surface area contributed by atoms with Crippen molar-refractivity contribution in [3.8, 4) is 6.07 Å². The average Bonchev–Trinajstić information content (AvgIpc) is 2.95. The predicted molar refractivity (Wildman–Crippen MR) is 85.1 cm³/mol. The predicted octanol–water partition coefficient (Wildman–Crippen LogP) is 2.03. The Kier molecular flexibility index (Phi) is 3.50. The lowest BCUT2D eigenvalue weighted by molar-refractivity contribution is 0.109. The van der Waals surface area contributed by atoms with Crippen LogP contribution in [0.5, 0.6) is 0 Å². The second-order valence-corrected chi connectivity index (χ2v) is 6.26. The largest absolute Gasteiger partial charge is 0.376 e.